The molecule has 3 rings (SSSR count). The number of aryl methyl sites for hydroxylation is 2. The Balaban J connectivity index is 1.72. The summed E-state index contributed by atoms with van der Waals surface area (Å²) in [7, 11) is 0. The molecule has 1 aromatic carbocycles. The zero-order chi connectivity index (χ0) is 19.6. The number of nitrogens with one attached hydrogen (secondary N) is 2. The van der Waals surface area contributed by atoms with Crippen molar-refractivity contribution in [3.8, 4) is 11.3 Å². The lowest BCUT2D eigenvalue weighted by molar-refractivity contribution is -0.137. The molecule has 3 aromatic rings. The number of carbonyl (C=O) groups excluding carboxylic acids is 1. The number of amides is 1. The normalized spacial score (nSPS) is 11.3. The number of alkyl halides is 3. The van der Waals surface area contributed by atoms with Crippen LogP contribution in [0.1, 0.15) is 27.5 Å². The second kappa shape index (κ2) is 7.10. The molecule has 2 aromatic heterocycles. The van der Waals surface area contributed by atoms with E-state index in [0.29, 0.717) is 0 Å². The van der Waals surface area contributed by atoms with Crippen LogP contribution in [0.3, 0.4) is 0 Å². The average Bonchev–Trinajstić information content (AvgIpc) is 3.08. The fraction of sp³-hybridized carbons (Fsp3) is 0.167. The molecule has 1 amide bonds. The molecule has 0 fully saturated rings. The molecule has 2 N–H and O–H groups in total. The Morgan fingerprint density at radius 3 is 2.41 bits per heavy atom. The van der Waals surface area contributed by atoms with Gasteiger partial charge in [-0.3, -0.25) is 15.6 Å². The summed E-state index contributed by atoms with van der Waals surface area (Å²) in [6.45, 7) is 3.57. The molecule has 0 saturated heterocycles. The summed E-state index contributed by atoms with van der Waals surface area (Å²) < 4.78 is 43.8. The first-order valence-corrected chi connectivity index (χ1v) is 7.88. The Bertz CT molecular complexity index is 962. The summed E-state index contributed by atoms with van der Waals surface area (Å²) in [5.41, 5.74) is 5.83. The van der Waals surface area contributed by atoms with Gasteiger partial charge in [0.05, 0.1) is 5.56 Å². The van der Waals surface area contributed by atoms with Gasteiger partial charge in [-0.25, -0.2) is 9.97 Å². The first-order valence-electron chi connectivity index (χ1n) is 7.88. The van der Waals surface area contributed by atoms with Gasteiger partial charge < -0.3 is 4.42 Å². The molecule has 140 valence electrons. The topological polar surface area (TPSA) is 80.0 Å². The Morgan fingerprint density at radius 1 is 1.04 bits per heavy atom. The van der Waals surface area contributed by atoms with Gasteiger partial charge in [-0.1, -0.05) is 12.1 Å². The first kappa shape index (κ1) is 18.4. The molecular formula is C18H15F3N4O2. The van der Waals surface area contributed by atoms with E-state index < -0.39 is 17.6 Å². The number of furan rings is 1. The van der Waals surface area contributed by atoms with Crippen molar-refractivity contribution in [2.45, 2.75) is 20.0 Å². The van der Waals surface area contributed by atoms with Crippen LogP contribution in [0.5, 0.6) is 0 Å². The van der Waals surface area contributed by atoms with Crippen molar-refractivity contribution in [2.75, 3.05) is 5.43 Å². The molecule has 0 aliphatic carbocycles. The van der Waals surface area contributed by atoms with E-state index >= 15 is 0 Å². The molecule has 0 aliphatic rings. The Hall–Kier alpha value is -3.36. The summed E-state index contributed by atoms with van der Waals surface area (Å²) in [5.74, 6) is -0.324. The minimum atomic E-state index is -4.46. The molecule has 0 unspecified atom stereocenters. The number of hydrazine groups is 1. The van der Waals surface area contributed by atoms with Crippen molar-refractivity contribution in [2.24, 2.45) is 0 Å². The fourth-order valence-electron chi connectivity index (χ4n) is 2.42. The van der Waals surface area contributed by atoms with E-state index in [9.17, 15) is 18.0 Å². The zero-order valence-corrected chi connectivity index (χ0v) is 14.4. The molecule has 6 nitrogen and oxygen atoms in total. The van der Waals surface area contributed by atoms with Crippen molar-refractivity contribution < 1.29 is 22.4 Å². The summed E-state index contributed by atoms with van der Waals surface area (Å²) >= 11 is 0. The van der Waals surface area contributed by atoms with Crippen LogP contribution in [0.15, 0.2) is 46.9 Å². The van der Waals surface area contributed by atoms with Crippen molar-refractivity contribution in [1.29, 1.82) is 0 Å². The largest absolute Gasteiger partial charge is 0.451 e. The van der Waals surface area contributed by atoms with Gasteiger partial charge >= 0.3 is 12.1 Å². The lowest BCUT2D eigenvalue weighted by atomic mass is 10.1. The molecule has 0 atom stereocenters. The number of halogens is 3. The highest BCUT2D eigenvalue weighted by Crippen LogP contribution is 2.32. The predicted molar refractivity (Wildman–Crippen MR) is 91.7 cm³/mol. The van der Waals surface area contributed by atoms with Crippen LogP contribution in [0.25, 0.3) is 11.3 Å². The number of hydrogen-bond donors (Lipinski definition) is 2. The Kier molecular flexibility index (Phi) is 4.85. The van der Waals surface area contributed by atoms with Crippen molar-refractivity contribution in [3.63, 3.8) is 0 Å². The van der Waals surface area contributed by atoms with Crippen molar-refractivity contribution in [1.82, 2.24) is 15.4 Å². The second-order valence-corrected chi connectivity index (χ2v) is 5.80. The Morgan fingerprint density at radius 2 is 1.74 bits per heavy atom. The zero-order valence-electron chi connectivity index (χ0n) is 14.4. The summed E-state index contributed by atoms with van der Waals surface area (Å²) in [6.07, 6.45) is -4.46. The van der Waals surface area contributed by atoms with Crippen LogP contribution in [0, 0.1) is 13.8 Å². The number of benzene rings is 1. The van der Waals surface area contributed by atoms with Crippen LogP contribution >= 0.6 is 0 Å². The number of aromatic nitrogens is 2. The molecule has 0 saturated carbocycles. The molecule has 0 bridgehead atoms. The minimum Gasteiger partial charge on any atom is -0.451 e. The van der Waals surface area contributed by atoms with E-state index in [1.807, 2.05) is 0 Å². The van der Waals surface area contributed by atoms with Gasteiger partial charge in [0.25, 0.3) is 0 Å². The van der Waals surface area contributed by atoms with Gasteiger partial charge in [-0.2, -0.15) is 13.2 Å². The molecule has 0 radical (unpaired) electrons. The highest BCUT2D eigenvalue weighted by Gasteiger charge is 2.30. The third kappa shape index (κ3) is 4.43. The summed E-state index contributed by atoms with van der Waals surface area (Å²) in [6, 6.07) is 9.25. The second-order valence-electron chi connectivity index (χ2n) is 5.80. The van der Waals surface area contributed by atoms with E-state index in [0.717, 1.165) is 23.5 Å². The van der Waals surface area contributed by atoms with Gasteiger partial charge in [-0.05, 0) is 44.2 Å². The quantitative estimate of drug-likeness (QED) is 0.670. The third-order valence-corrected chi connectivity index (χ3v) is 3.57. The van der Waals surface area contributed by atoms with Gasteiger partial charge in [0.2, 0.25) is 5.95 Å². The monoisotopic (exact) mass is 376 g/mol. The van der Waals surface area contributed by atoms with Crippen LogP contribution in [-0.2, 0) is 6.18 Å². The van der Waals surface area contributed by atoms with E-state index in [4.69, 9.17) is 4.42 Å². The highest BCUT2D eigenvalue weighted by atomic mass is 19.4. The van der Waals surface area contributed by atoms with Gasteiger partial charge in [0.1, 0.15) is 5.76 Å². The van der Waals surface area contributed by atoms with E-state index in [1.165, 1.54) is 24.3 Å². The molecule has 27 heavy (non-hydrogen) atoms. The molecule has 2 heterocycles. The number of carbonyl (C=O) groups is 1. The molecule has 0 spiro atoms. The smallest absolute Gasteiger partial charge is 0.416 e. The van der Waals surface area contributed by atoms with E-state index in [2.05, 4.69) is 20.8 Å². The van der Waals surface area contributed by atoms with Crippen LogP contribution in [0.4, 0.5) is 19.1 Å². The van der Waals surface area contributed by atoms with Crippen LogP contribution < -0.4 is 10.9 Å². The standard InChI is InChI=1S/C18H15F3N4O2/c1-10-8-11(2)23-17(22-10)25-24-16(26)15-7-6-14(27-15)12-4-3-5-13(9-12)18(19,20)21/h3-9H,1-2H3,(H,24,26)(H,22,23,25). The van der Waals surface area contributed by atoms with Gasteiger partial charge in [0.15, 0.2) is 5.76 Å². The predicted octanol–water partition coefficient (Wildman–Crippen LogP) is 4.13. The maximum absolute atomic E-state index is 12.8. The fourth-order valence-corrected chi connectivity index (χ4v) is 2.42. The summed E-state index contributed by atoms with van der Waals surface area (Å²) in [4.78, 5) is 20.4. The Labute approximate surface area is 152 Å². The summed E-state index contributed by atoms with van der Waals surface area (Å²) in [5, 5.41) is 0. The van der Waals surface area contributed by atoms with Crippen LogP contribution in [0.2, 0.25) is 0 Å². The van der Waals surface area contributed by atoms with Gasteiger partial charge in [-0.15, -0.1) is 0 Å². The molecule has 0 aliphatic heterocycles. The van der Waals surface area contributed by atoms with E-state index in [1.54, 1.807) is 19.9 Å². The van der Waals surface area contributed by atoms with Crippen molar-refractivity contribution >= 4 is 11.9 Å². The number of rotatable bonds is 4. The maximum atomic E-state index is 12.8. The number of nitrogens with zero attached hydrogens (tertiary/aromatic N) is 2. The lowest BCUT2D eigenvalue weighted by Gasteiger charge is -2.08. The highest BCUT2D eigenvalue weighted by molar-refractivity contribution is 5.92. The SMILES string of the molecule is Cc1cc(C)nc(NNC(=O)c2ccc(-c3cccc(C(F)(F)F)c3)o2)n1. The van der Waals surface area contributed by atoms with E-state index in [-0.39, 0.29) is 23.0 Å². The molecule has 9 heteroatoms. The lowest BCUT2D eigenvalue weighted by Crippen LogP contribution is -2.30. The third-order valence-electron chi connectivity index (χ3n) is 3.57. The maximum Gasteiger partial charge on any atom is 0.416 e. The molecular weight excluding hydrogens is 361 g/mol. The van der Waals surface area contributed by atoms with Gasteiger partial charge in [0, 0.05) is 17.0 Å². The van der Waals surface area contributed by atoms with Crippen LogP contribution in [-0.4, -0.2) is 15.9 Å². The minimum absolute atomic E-state index is 0.0701. The van der Waals surface area contributed by atoms with Crippen molar-refractivity contribution in [3.05, 3.63) is 65.2 Å². The average molecular weight is 376 g/mol. The first-order chi connectivity index (χ1) is 12.7. The number of hydrogen-bond acceptors (Lipinski definition) is 5. The number of anilines is 1.